The van der Waals surface area contributed by atoms with Crippen LogP contribution in [0.2, 0.25) is 5.02 Å². The molecule has 0 spiro atoms. The van der Waals surface area contributed by atoms with E-state index in [1.54, 1.807) is 18.2 Å². The lowest BCUT2D eigenvalue weighted by Crippen LogP contribution is -2.44. The van der Waals surface area contributed by atoms with Crippen molar-refractivity contribution in [1.82, 2.24) is 4.31 Å². The Morgan fingerprint density at radius 2 is 2.22 bits per heavy atom. The van der Waals surface area contributed by atoms with E-state index in [1.807, 2.05) is 6.92 Å². The van der Waals surface area contributed by atoms with E-state index in [2.05, 4.69) is 5.32 Å². The van der Waals surface area contributed by atoms with Crippen LogP contribution in [0, 0.1) is 0 Å². The number of hydrogen-bond acceptors (Lipinski definition) is 4. The van der Waals surface area contributed by atoms with Crippen molar-refractivity contribution in [3.8, 4) is 5.75 Å². The zero-order valence-electron chi connectivity index (χ0n) is 13.2. The van der Waals surface area contributed by atoms with Gasteiger partial charge in [0, 0.05) is 12.2 Å². The van der Waals surface area contributed by atoms with E-state index in [1.165, 1.54) is 11.4 Å². The van der Waals surface area contributed by atoms with E-state index in [9.17, 15) is 13.2 Å². The molecule has 0 aliphatic carbocycles. The topological polar surface area (TPSA) is 75.7 Å². The fourth-order valence-corrected chi connectivity index (χ4v) is 4.68. The maximum atomic E-state index is 12.5. The van der Waals surface area contributed by atoms with E-state index >= 15 is 0 Å². The number of methoxy groups -OCH3 is 1. The van der Waals surface area contributed by atoms with Crippen LogP contribution in [-0.2, 0) is 14.8 Å². The molecule has 6 nitrogen and oxygen atoms in total. The van der Waals surface area contributed by atoms with Crippen molar-refractivity contribution in [1.29, 1.82) is 0 Å². The van der Waals surface area contributed by atoms with E-state index in [4.69, 9.17) is 16.3 Å². The summed E-state index contributed by atoms with van der Waals surface area (Å²) in [6.07, 6.45) is 1.74. The molecule has 1 aliphatic heterocycles. The predicted octanol–water partition coefficient (Wildman–Crippen LogP) is 2.49. The molecule has 1 aromatic rings. The van der Waals surface area contributed by atoms with Crippen molar-refractivity contribution in [2.45, 2.75) is 32.2 Å². The first-order valence-electron chi connectivity index (χ1n) is 7.53. The minimum atomic E-state index is -3.39. The van der Waals surface area contributed by atoms with E-state index < -0.39 is 16.1 Å². The van der Waals surface area contributed by atoms with Gasteiger partial charge in [0.15, 0.2) is 0 Å². The second-order valence-electron chi connectivity index (χ2n) is 5.42. The van der Waals surface area contributed by atoms with Gasteiger partial charge in [0.2, 0.25) is 15.9 Å². The molecule has 2 rings (SSSR count). The molecular formula is C15H21ClN2O4S. The zero-order valence-corrected chi connectivity index (χ0v) is 14.8. The van der Waals surface area contributed by atoms with Crippen LogP contribution >= 0.6 is 11.6 Å². The number of carbonyl (C=O) groups excluding carboxylic acids is 1. The van der Waals surface area contributed by atoms with Crippen LogP contribution in [0.3, 0.4) is 0 Å². The quantitative estimate of drug-likeness (QED) is 0.845. The molecule has 1 saturated heterocycles. The SMILES string of the molecule is CCCS(=O)(=O)N1CCC[C@H]1C(=O)Nc1ccc(OC)c(Cl)c1. The summed E-state index contributed by atoms with van der Waals surface area (Å²) >= 11 is 6.03. The summed E-state index contributed by atoms with van der Waals surface area (Å²) in [5.74, 6) is 0.242. The fourth-order valence-electron chi connectivity index (χ4n) is 2.68. The van der Waals surface area contributed by atoms with Gasteiger partial charge in [0.1, 0.15) is 11.8 Å². The Bertz CT molecular complexity index is 678. The lowest BCUT2D eigenvalue weighted by Gasteiger charge is -2.23. The number of anilines is 1. The third-order valence-corrected chi connectivity index (χ3v) is 6.12. The van der Waals surface area contributed by atoms with Crippen molar-refractivity contribution < 1.29 is 17.9 Å². The summed E-state index contributed by atoms with van der Waals surface area (Å²) in [4.78, 5) is 12.5. The van der Waals surface area contributed by atoms with Crippen molar-refractivity contribution in [2.24, 2.45) is 0 Å². The molecule has 128 valence electrons. The predicted molar refractivity (Wildman–Crippen MR) is 90.4 cm³/mol. The lowest BCUT2D eigenvalue weighted by atomic mass is 10.2. The summed E-state index contributed by atoms with van der Waals surface area (Å²) in [5, 5.41) is 3.12. The Morgan fingerprint density at radius 3 is 2.83 bits per heavy atom. The monoisotopic (exact) mass is 360 g/mol. The molecule has 1 heterocycles. The molecule has 0 bridgehead atoms. The van der Waals surface area contributed by atoms with E-state index in [0.717, 1.165) is 0 Å². The molecule has 1 fully saturated rings. The lowest BCUT2D eigenvalue weighted by molar-refractivity contribution is -0.119. The Kier molecular flexibility index (Phi) is 5.89. The summed E-state index contributed by atoms with van der Waals surface area (Å²) < 4.78 is 30.9. The number of nitrogens with zero attached hydrogens (tertiary/aromatic N) is 1. The highest BCUT2D eigenvalue weighted by molar-refractivity contribution is 7.89. The first-order chi connectivity index (χ1) is 10.9. The zero-order chi connectivity index (χ0) is 17.0. The average molecular weight is 361 g/mol. The number of amides is 1. The Labute approximate surface area is 141 Å². The standard InChI is InChI=1S/C15H21ClN2O4S/c1-3-9-23(20,21)18-8-4-5-13(18)15(19)17-11-6-7-14(22-2)12(16)10-11/h6-7,10,13H,3-5,8-9H2,1-2H3,(H,17,19)/t13-/m0/s1. The summed E-state index contributed by atoms with van der Waals surface area (Å²) in [7, 11) is -1.88. The van der Waals surface area contributed by atoms with Crippen LogP contribution in [0.5, 0.6) is 5.75 Å². The minimum Gasteiger partial charge on any atom is -0.495 e. The van der Waals surface area contributed by atoms with Crippen LogP contribution in [0.4, 0.5) is 5.69 Å². The van der Waals surface area contributed by atoms with Gasteiger partial charge in [-0.15, -0.1) is 0 Å². The Morgan fingerprint density at radius 1 is 1.48 bits per heavy atom. The number of rotatable bonds is 6. The highest BCUT2D eigenvalue weighted by Gasteiger charge is 2.38. The van der Waals surface area contributed by atoms with Gasteiger partial charge in [-0.2, -0.15) is 4.31 Å². The van der Waals surface area contributed by atoms with E-state index in [0.29, 0.717) is 42.3 Å². The van der Waals surface area contributed by atoms with Crippen LogP contribution in [0.1, 0.15) is 26.2 Å². The molecule has 0 saturated carbocycles. The Balaban J connectivity index is 2.12. The highest BCUT2D eigenvalue weighted by Crippen LogP contribution is 2.28. The Hall–Kier alpha value is -1.31. The van der Waals surface area contributed by atoms with Gasteiger partial charge in [-0.3, -0.25) is 4.79 Å². The first kappa shape index (κ1) is 18.0. The molecule has 23 heavy (non-hydrogen) atoms. The largest absolute Gasteiger partial charge is 0.495 e. The number of hydrogen-bond donors (Lipinski definition) is 1. The van der Waals surface area contributed by atoms with Gasteiger partial charge in [0.25, 0.3) is 0 Å². The van der Waals surface area contributed by atoms with Crippen LogP contribution < -0.4 is 10.1 Å². The molecule has 1 N–H and O–H groups in total. The van der Waals surface area contributed by atoms with Crippen molar-refractivity contribution in [3.05, 3.63) is 23.2 Å². The van der Waals surface area contributed by atoms with Gasteiger partial charge in [0.05, 0.1) is 17.9 Å². The van der Waals surface area contributed by atoms with Crippen LogP contribution in [0.15, 0.2) is 18.2 Å². The van der Waals surface area contributed by atoms with Gasteiger partial charge in [-0.05, 0) is 37.5 Å². The summed E-state index contributed by atoms with van der Waals surface area (Å²) in [6, 6.07) is 4.24. The van der Waals surface area contributed by atoms with Crippen molar-refractivity contribution in [2.75, 3.05) is 24.7 Å². The van der Waals surface area contributed by atoms with Crippen LogP contribution in [0.25, 0.3) is 0 Å². The fraction of sp³-hybridized carbons (Fsp3) is 0.533. The van der Waals surface area contributed by atoms with Crippen molar-refractivity contribution >= 4 is 33.2 Å². The maximum absolute atomic E-state index is 12.5. The molecule has 1 atom stereocenters. The molecule has 8 heteroatoms. The molecule has 1 aromatic carbocycles. The number of sulfonamides is 1. The highest BCUT2D eigenvalue weighted by atomic mass is 35.5. The molecule has 1 aliphatic rings. The molecule has 1 amide bonds. The van der Waals surface area contributed by atoms with Crippen molar-refractivity contribution in [3.63, 3.8) is 0 Å². The normalized spacial score (nSPS) is 18.8. The maximum Gasteiger partial charge on any atom is 0.242 e. The third-order valence-electron chi connectivity index (χ3n) is 3.75. The second-order valence-corrected chi connectivity index (χ2v) is 7.87. The average Bonchev–Trinajstić information content (AvgIpc) is 2.98. The second kappa shape index (κ2) is 7.51. The first-order valence-corrected chi connectivity index (χ1v) is 9.51. The number of benzene rings is 1. The molecular weight excluding hydrogens is 340 g/mol. The summed E-state index contributed by atoms with van der Waals surface area (Å²) in [6.45, 7) is 2.20. The number of nitrogens with one attached hydrogen (secondary N) is 1. The number of halogens is 1. The van der Waals surface area contributed by atoms with E-state index in [-0.39, 0.29) is 11.7 Å². The molecule has 0 radical (unpaired) electrons. The van der Waals surface area contributed by atoms with Gasteiger partial charge >= 0.3 is 0 Å². The summed E-state index contributed by atoms with van der Waals surface area (Å²) in [5.41, 5.74) is 0.514. The molecule has 0 aromatic heterocycles. The molecule has 0 unspecified atom stereocenters. The number of ether oxygens (including phenoxy) is 1. The van der Waals surface area contributed by atoms with Gasteiger partial charge < -0.3 is 10.1 Å². The smallest absolute Gasteiger partial charge is 0.242 e. The van der Waals surface area contributed by atoms with Crippen LogP contribution in [-0.4, -0.2) is 44.1 Å². The number of carbonyl (C=O) groups is 1. The van der Waals surface area contributed by atoms with Gasteiger partial charge in [-0.1, -0.05) is 18.5 Å². The third kappa shape index (κ3) is 4.16. The minimum absolute atomic E-state index is 0.0607. The van der Waals surface area contributed by atoms with Gasteiger partial charge in [-0.25, -0.2) is 8.42 Å².